The van der Waals surface area contributed by atoms with Crippen molar-refractivity contribution in [2.45, 2.75) is 71.5 Å². The van der Waals surface area contributed by atoms with E-state index in [1.807, 2.05) is 0 Å². The molecule has 0 rings (SSSR count). The Morgan fingerprint density at radius 3 is 1.88 bits per heavy atom. The largest absolute Gasteiger partial charge is 0.427 e. The van der Waals surface area contributed by atoms with Gasteiger partial charge in [-0.15, -0.1) is 0 Å². The molecule has 2 unspecified atom stereocenters. The van der Waals surface area contributed by atoms with E-state index in [0.29, 0.717) is 0 Å². The summed E-state index contributed by atoms with van der Waals surface area (Å²) in [6, 6.07) is 1.12. The molecule has 2 atom stereocenters. The van der Waals surface area contributed by atoms with Gasteiger partial charge in [0, 0.05) is 7.11 Å². The van der Waals surface area contributed by atoms with Crippen LogP contribution in [0.5, 0.6) is 0 Å². The van der Waals surface area contributed by atoms with Gasteiger partial charge >= 0.3 is 0 Å². The van der Waals surface area contributed by atoms with Crippen LogP contribution in [0.3, 0.4) is 0 Å². The summed E-state index contributed by atoms with van der Waals surface area (Å²) >= 11 is 0. The summed E-state index contributed by atoms with van der Waals surface area (Å²) in [4.78, 5) is 0. The fourth-order valence-electron chi connectivity index (χ4n) is 1.27. The lowest BCUT2D eigenvalue weighted by Gasteiger charge is -2.25. The van der Waals surface area contributed by atoms with E-state index in [1.165, 1.54) is 0 Å². The maximum absolute atomic E-state index is 5.86. The average Bonchev–Trinajstić information content (AvgIpc) is 2.28. The minimum Gasteiger partial charge on any atom is -0.427 e. The number of hydrogen-bond donors (Lipinski definition) is 0. The van der Waals surface area contributed by atoms with Crippen molar-refractivity contribution in [3.05, 3.63) is 0 Å². The number of rotatable bonds is 10. The van der Waals surface area contributed by atoms with Crippen molar-refractivity contribution < 1.29 is 13.9 Å². The molecule has 0 N–H and O–H groups in total. The predicted octanol–water partition coefficient (Wildman–Crippen LogP) is 2.48. The van der Waals surface area contributed by atoms with Crippen LogP contribution < -0.4 is 0 Å². The van der Waals surface area contributed by atoms with Gasteiger partial charge in [-0.3, -0.25) is 0 Å². The zero-order chi connectivity index (χ0) is 12.4. The van der Waals surface area contributed by atoms with Crippen molar-refractivity contribution in [2.75, 3.05) is 7.11 Å². The maximum atomic E-state index is 5.86. The lowest BCUT2D eigenvalue weighted by atomic mass is 10.3. The Hall–Kier alpha value is 0.0969. The maximum Gasteiger partial charge on any atom is 0.161 e. The third-order valence-corrected chi connectivity index (χ3v) is 3.81. The van der Waals surface area contributed by atoms with E-state index in [2.05, 4.69) is 27.7 Å². The van der Waals surface area contributed by atoms with E-state index in [9.17, 15) is 0 Å². The molecule has 0 spiro atoms. The van der Waals surface area contributed by atoms with Crippen molar-refractivity contribution in [3.63, 3.8) is 0 Å². The summed E-state index contributed by atoms with van der Waals surface area (Å²) in [6.07, 6.45) is 3.53. The lowest BCUT2D eigenvalue weighted by Crippen LogP contribution is -2.26. The average molecular weight is 248 g/mol. The second-order valence-electron chi connectivity index (χ2n) is 4.27. The first-order chi connectivity index (χ1) is 7.63. The predicted molar refractivity (Wildman–Crippen MR) is 70.4 cm³/mol. The summed E-state index contributed by atoms with van der Waals surface area (Å²) in [7, 11) is 1.42. The van der Waals surface area contributed by atoms with Gasteiger partial charge in [-0.05, 0) is 39.2 Å². The molecule has 0 aliphatic carbocycles. The van der Waals surface area contributed by atoms with Gasteiger partial charge in [0.15, 0.2) is 16.1 Å². The summed E-state index contributed by atoms with van der Waals surface area (Å²) in [5.41, 5.74) is 0. The monoisotopic (exact) mass is 248 g/mol. The molecular weight excluding hydrogens is 220 g/mol. The standard InChI is InChI=1S/C12H28O3Si/c1-6-10(3)14-12(8-9-16-13-5)15-11(4)7-2/h10-12H,6-9,16H2,1-5H3. The minimum absolute atomic E-state index is 0.0486. The molecule has 0 bridgehead atoms. The molecule has 0 aliphatic rings. The van der Waals surface area contributed by atoms with Crippen LogP contribution in [0.1, 0.15) is 47.0 Å². The molecule has 98 valence electrons. The second kappa shape index (κ2) is 10.3. The third-order valence-electron chi connectivity index (χ3n) is 2.71. The van der Waals surface area contributed by atoms with Crippen LogP contribution in [-0.2, 0) is 13.9 Å². The summed E-state index contributed by atoms with van der Waals surface area (Å²) in [6.45, 7) is 8.46. The molecule has 0 aromatic heterocycles. The Kier molecular flexibility index (Phi) is 10.3. The first kappa shape index (κ1) is 16.1. The first-order valence-corrected chi connectivity index (χ1v) is 8.01. The number of hydrogen-bond acceptors (Lipinski definition) is 3. The molecule has 0 amide bonds. The third kappa shape index (κ3) is 8.27. The van der Waals surface area contributed by atoms with Crippen LogP contribution in [0.25, 0.3) is 0 Å². The van der Waals surface area contributed by atoms with Crippen molar-refractivity contribution in [1.82, 2.24) is 0 Å². The van der Waals surface area contributed by atoms with Crippen LogP contribution >= 0.6 is 0 Å². The Balaban J connectivity index is 3.94. The zero-order valence-electron chi connectivity index (χ0n) is 11.5. The van der Waals surface area contributed by atoms with Gasteiger partial charge in [-0.2, -0.15) is 0 Å². The molecule has 0 saturated carbocycles. The van der Waals surface area contributed by atoms with Gasteiger partial charge < -0.3 is 13.9 Å². The molecule has 0 aromatic rings. The lowest BCUT2D eigenvalue weighted by molar-refractivity contribution is -0.189. The molecule has 3 nitrogen and oxygen atoms in total. The SMILES string of the molecule is CCC(C)OC(CC[SiH2]OC)OC(C)CC. The van der Waals surface area contributed by atoms with Gasteiger partial charge in [-0.25, -0.2) is 0 Å². The van der Waals surface area contributed by atoms with Gasteiger partial charge in [-0.1, -0.05) is 13.8 Å². The second-order valence-corrected chi connectivity index (χ2v) is 5.97. The van der Waals surface area contributed by atoms with Crippen LogP contribution in [0.15, 0.2) is 0 Å². The minimum atomic E-state index is -0.361. The van der Waals surface area contributed by atoms with E-state index < -0.39 is 0 Å². The van der Waals surface area contributed by atoms with Crippen molar-refractivity contribution >= 4 is 9.76 Å². The van der Waals surface area contributed by atoms with E-state index >= 15 is 0 Å². The highest BCUT2D eigenvalue weighted by molar-refractivity contribution is 6.26. The molecule has 0 heterocycles. The smallest absolute Gasteiger partial charge is 0.161 e. The van der Waals surface area contributed by atoms with Crippen molar-refractivity contribution in [1.29, 1.82) is 0 Å². The van der Waals surface area contributed by atoms with Crippen LogP contribution in [0, 0.1) is 0 Å². The van der Waals surface area contributed by atoms with Crippen molar-refractivity contribution in [3.8, 4) is 0 Å². The highest BCUT2D eigenvalue weighted by Crippen LogP contribution is 2.13. The summed E-state index contributed by atoms with van der Waals surface area (Å²) in [5, 5.41) is 0. The molecule has 0 aliphatic heterocycles. The molecule has 0 saturated heterocycles. The normalized spacial score (nSPS) is 17.8. The van der Waals surface area contributed by atoms with Crippen molar-refractivity contribution in [2.24, 2.45) is 0 Å². The van der Waals surface area contributed by atoms with Gasteiger partial charge in [0.1, 0.15) is 0 Å². The van der Waals surface area contributed by atoms with Crippen LogP contribution in [0.2, 0.25) is 6.04 Å². The fourth-order valence-corrected chi connectivity index (χ4v) is 2.06. The van der Waals surface area contributed by atoms with Crippen LogP contribution in [-0.4, -0.2) is 35.4 Å². The highest BCUT2D eigenvalue weighted by Gasteiger charge is 2.15. The van der Waals surface area contributed by atoms with Crippen LogP contribution in [0.4, 0.5) is 0 Å². The fraction of sp³-hybridized carbons (Fsp3) is 1.00. The highest BCUT2D eigenvalue weighted by atomic mass is 28.2. The summed E-state index contributed by atoms with van der Waals surface area (Å²) in [5.74, 6) is 0. The van der Waals surface area contributed by atoms with E-state index in [1.54, 1.807) is 7.11 Å². The first-order valence-electron chi connectivity index (χ1n) is 6.43. The Morgan fingerprint density at radius 2 is 1.50 bits per heavy atom. The van der Waals surface area contributed by atoms with Gasteiger partial charge in [0.05, 0.1) is 12.2 Å². The molecule has 0 radical (unpaired) electrons. The Bertz CT molecular complexity index is 143. The molecule has 16 heavy (non-hydrogen) atoms. The Labute approximate surface area is 103 Å². The molecule has 4 heteroatoms. The molecule has 0 fully saturated rings. The summed E-state index contributed by atoms with van der Waals surface area (Å²) < 4.78 is 16.9. The topological polar surface area (TPSA) is 27.7 Å². The molecular formula is C12H28O3Si. The van der Waals surface area contributed by atoms with Gasteiger partial charge in [0.2, 0.25) is 0 Å². The zero-order valence-corrected chi connectivity index (χ0v) is 12.9. The Morgan fingerprint density at radius 1 is 1.00 bits per heavy atom. The van der Waals surface area contributed by atoms with Gasteiger partial charge in [0.25, 0.3) is 0 Å². The molecule has 0 aromatic carbocycles. The van der Waals surface area contributed by atoms with E-state index in [4.69, 9.17) is 13.9 Å². The van der Waals surface area contributed by atoms with E-state index in [0.717, 1.165) is 25.3 Å². The van der Waals surface area contributed by atoms with E-state index in [-0.39, 0.29) is 28.3 Å². The number of ether oxygens (including phenoxy) is 2. The quantitative estimate of drug-likeness (QED) is 0.338.